The first-order chi connectivity index (χ1) is 8.97. The maximum atomic E-state index is 13.1. The molecule has 2 aromatic rings. The van der Waals surface area contributed by atoms with Gasteiger partial charge in [-0.25, -0.2) is 9.37 Å². The summed E-state index contributed by atoms with van der Waals surface area (Å²) in [5.41, 5.74) is 1.06. The summed E-state index contributed by atoms with van der Waals surface area (Å²) in [7, 11) is 0. The molecule has 0 saturated heterocycles. The maximum Gasteiger partial charge on any atom is 0.257 e. The highest BCUT2D eigenvalue weighted by molar-refractivity contribution is 7.14. The van der Waals surface area contributed by atoms with E-state index in [1.54, 1.807) is 12.3 Å². The van der Waals surface area contributed by atoms with Crippen LogP contribution in [-0.4, -0.2) is 16.7 Å². The summed E-state index contributed by atoms with van der Waals surface area (Å²) in [4.78, 5) is 27.0. The highest BCUT2D eigenvalue weighted by Crippen LogP contribution is 2.17. The van der Waals surface area contributed by atoms with Crippen LogP contribution in [0.3, 0.4) is 0 Å². The van der Waals surface area contributed by atoms with Gasteiger partial charge in [0.2, 0.25) is 0 Å². The lowest BCUT2D eigenvalue weighted by Crippen LogP contribution is -2.12. The summed E-state index contributed by atoms with van der Waals surface area (Å²) >= 11 is 1.17. The van der Waals surface area contributed by atoms with Crippen LogP contribution in [0.15, 0.2) is 23.6 Å². The second-order valence-electron chi connectivity index (χ2n) is 4.01. The van der Waals surface area contributed by atoms with Crippen molar-refractivity contribution in [3.05, 3.63) is 46.2 Å². The smallest absolute Gasteiger partial charge is 0.257 e. The zero-order valence-corrected chi connectivity index (χ0v) is 11.2. The molecule has 1 heterocycles. The lowest BCUT2D eigenvalue weighted by Gasteiger charge is -2.03. The van der Waals surface area contributed by atoms with E-state index in [4.69, 9.17) is 0 Å². The molecule has 2 rings (SSSR count). The van der Waals surface area contributed by atoms with Crippen molar-refractivity contribution >= 4 is 28.2 Å². The van der Waals surface area contributed by atoms with Gasteiger partial charge in [0.25, 0.3) is 5.91 Å². The number of aromatic nitrogens is 1. The standard InChI is InChI=1S/C13H11FN2O2S/c1-7-5-9(3-4-10(7)14)12(18)16-13-15-11(6-19-13)8(2)17/h3-6H,1-2H3,(H,15,16,18). The molecule has 0 aliphatic carbocycles. The number of rotatable bonds is 3. The van der Waals surface area contributed by atoms with Gasteiger partial charge < -0.3 is 0 Å². The van der Waals surface area contributed by atoms with Crippen LogP contribution >= 0.6 is 11.3 Å². The molecule has 1 aromatic carbocycles. The Morgan fingerprint density at radius 1 is 1.37 bits per heavy atom. The normalized spacial score (nSPS) is 10.3. The molecule has 6 heteroatoms. The number of halogens is 1. The van der Waals surface area contributed by atoms with Crippen molar-refractivity contribution in [2.45, 2.75) is 13.8 Å². The second-order valence-corrected chi connectivity index (χ2v) is 4.87. The first kappa shape index (κ1) is 13.4. The molecule has 0 atom stereocenters. The second kappa shape index (κ2) is 5.27. The van der Waals surface area contributed by atoms with Gasteiger partial charge in [0.1, 0.15) is 11.5 Å². The number of nitrogens with zero attached hydrogens (tertiary/aromatic N) is 1. The third-order valence-corrected chi connectivity index (χ3v) is 3.26. The monoisotopic (exact) mass is 278 g/mol. The van der Waals surface area contributed by atoms with E-state index >= 15 is 0 Å². The number of anilines is 1. The van der Waals surface area contributed by atoms with E-state index in [-0.39, 0.29) is 17.5 Å². The Labute approximate surface area is 113 Å². The average Bonchev–Trinajstić information content (AvgIpc) is 2.81. The van der Waals surface area contributed by atoms with Gasteiger partial charge in [-0.2, -0.15) is 0 Å². The number of carbonyl (C=O) groups excluding carboxylic acids is 2. The van der Waals surface area contributed by atoms with E-state index in [0.29, 0.717) is 22.0 Å². The summed E-state index contributed by atoms with van der Waals surface area (Å²) in [6.45, 7) is 2.99. The predicted octanol–water partition coefficient (Wildman–Crippen LogP) is 3.05. The van der Waals surface area contributed by atoms with Gasteiger partial charge in [-0.1, -0.05) is 0 Å². The number of aryl methyl sites for hydroxylation is 1. The highest BCUT2D eigenvalue weighted by Gasteiger charge is 2.11. The summed E-state index contributed by atoms with van der Waals surface area (Å²) in [5, 5.41) is 4.50. The van der Waals surface area contributed by atoms with Crippen LogP contribution in [-0.2, 0) is 0 Å². The van der Waals surface area contributed by atoms with E-state index in [2.05, 4.69) is 10.3 Å². The molecule has 4 nitrogen and oxygen atoms in total. The SMILES string of the molecule is CC(=O)c1csc(NC(=O)c2ccc(F)c(C)c2)n1. The summed E-state index contributed by atoms with van der Waals surface area (Å²) in [6.07, 6.45) is 0. The van der Waals surface area contributed by atoms with Crippen LogP contribution < -0.4 is 5.32 Å². The fourth-order valence-electron chi connectivity index (χ4n) is 1.45. The molecule has 19 heavy (non-hydrogen) atoms. The third-order valence-electron chi connectivity index (χ3n) is 2.51. The summed E-state index contributed by atoms with van der Waals surface area (Å²) in [6, 6.07) is 4.11. The zero-order valence-electron chi connectivity index (χ0n) is 10.4. The lowest BCUT2D eigenvalue weighted by atomic mass is 10.1. The predicted molar refractivity (Wildman–Crippen MR) is 71.2 cm³/mol. The van der Waals surface area contributed by atoms with E-state index in [1.165, 1.54) is 36.5 Å². The fourth-order valence-corrected chi connectivity index (χ4v) is 2.19. The van der Waals surface area contributed by atoms with Gasteiger partial charge in [0.15, 0.2) is 10.9 Å². The van der Waals surface area contributed by atoms with E-state index in [9.17, 15) is 14.0 Å². The van der Waals surface area contributed by atoms with Crippen LogP contribution in [0.1, 0.15) is 33.3 Å². The third kappa shape index (κ3) is 3.03. The van der Waals surface area contributed by atoms with Gasteiger partial charge in [-0.15, -0.1) is 11.3 Å². The Morgan fingerprint density at radius 3 is 2.68 bits per heavy atom. The van der Waals surface area contributed by atoms with Crippen molar-refractivity contribution in [3.63, 3.8) is 0 Å². The number of Topliss-reactive ketones (excluding diaryl/α,β-unsaturated/α-hetero) is 1. The number of thiazole rings is 1. The average molecular weight is 278 g/mol. The molecule has 0 radical (unpaired) electrons. The van der Waals surface area contributed by atoms with Crippen LogP contribution in [0.5, 0.6) is 0 Å². The van der Waals surface area contributed by atoms with Gasteiger partial charge in [0.05, 0.1) is 0 Å². The first-order valence-corrected chi connectivity index (χ1v) is 6.39. The van der Waals surface area contributed by atoms with Crippen LogP contribution in [0, 0.1) is 12.7 Å². The molecule has 98 valence electrons. The number of ketones is 1. The number of carbonyl (C=O) groups is 2. The Bertz CT molecular complexity index is 652. The van der Waals surface area contributed by atoms with Gasteiger partial charge >= 0.3 is 0 Å². The Balaban J connectivity index is 2.15. The quantitative estimate of drug-likeness (QED) is 0.878. The van der Waals surface area contributed by atoms with E-state index in [0.717, 1.165) is 0 Å². The van der Waals surface area contributed by atoms with Crippen LogP contribution in [0.25, 0.3) is 0 Å². The molecule has 0 bridgehead atoms. The molecule has 0 aliphatic heterocycles. The molecule has 0 fully saturated rings. The van der Waals surface area contributed by atoms with Gasteiger partial charge in [-0.3, -0.25) is 14.9 Å². The zero-order chi connectivity index (χ0) is 14.0. The Morgan fingerprint density at radius 2 is 2.11 bits per heavy atom. The lowest BCUT2D eigenvalue weighted by molar-refractivity contribution is 0.100. The van der Waals surface area contributed by atoms with Gasteiger partial charge in [-0.05, 0) is 30.7 Å². The minimum absolute atomic E-state index is 0.158. The molecule has 0 aliphatic rings. The minimum atomic E-state index is -0.382. The fraction of sp³-hybridized carbons (Fsp3) is 0.154. The van der Waals surface area contributed by atoms with Crippen molar-refractivity contribution in [3.8, 4) is 0 Å². The van der Waals surface area contributed by atoms with Crippen LogP contribution in [0.4, 0.5) is 9.52 Å². The number of nitrogens with one attached hydrogen (secondary N) is 1. The van der Waals surface area contributed by atoms with Crippen molar-refractivity contribution in [2.75, 3.05) is 5.32 Å². The number of hydrogen-bond acceptors (Lipinski definition) is 4. The van der Waals surface area contributed by atoms with Crippen molar-refractivity contribution in [1.29, 1.82) is 0 Å². The molecule has 1 N–H and O–H groups in total. The Kier molecular flexibility index (Phi) is 3.71. The number of benzene rings is 1. The first-order valence-electron chi connectivity index (χ1n) is 5.51. The van der Waals surface area contributed by atoms with Gasteiger partial charge in [0, 0.05) is 17.9 Å². The number of hydrogen-bond donors (Lipinski definition) is 1. The molecular weight excluding hydrogens is 267 g/mol. The Hall–Kier alpha value is -2.08. The summed E-state index contributed by atoms with van der Waals surface area (Å²) < 4.78 is 13.1. The summed E-state index contributed by atoms with van der Waals surface area (Å²) in [5.74, 6) is -0.897. The highest BCUT2D eigenvalue weighted by atomic mass is 32.1. The molecular formula is C13H11FN2O2S. The molecule has 0 spiro atoms. The van der Waals surface area contributed by atoms with Crippen molar-refractivity contribution < 1.29 is 14.0 Å². The topological polar surface area (TPSA) is 59.1 Å². The van der Waals surface area contributed by atoms with Crippen molar-refractivity contribution in [1.82, 2.24) is 4.98 Å². The largest absolute Gasteiger partial charge is 0.298 e. The minimum Gasteiger partial charge on any atom is -0.298 e. The molecule has 1 amide bonds. The number of amides is 1. The van der Waals surface area contributed by atoms with Crippen LogP contribution in [0.2, 0.25) is 0 Å². The van der Waals surface area contributed by atoms with E-state index < -0.39 is 0 Å². The molecule has 1 aromatic heterocycles. The van der Waals surface area contributed by atoms with E-state index in [1.807, 2.05) is 0 Å². The van der Waals surface area contributed by atoms with Crippen molar-refractivity contribution in [2.24, 2.45) is 0 Å². The molecule has 0 unspecified atom stereocenters. The molecule has 0 saturated carbocycles. The maximum absolute atomic E-state index is 13.1.